The molecule has 0 aromatic heterocycles. The Bertz CT molecular complexity index is 696. The Morgan fingerprint density at radius 3 is 2.48 bits per heavy atom. The molecule has 0 spiro atoms. The molecular formula is C17H20N2O6. The third-order valence-electron chi connectivity index (χ3n) is 3.56. The summed E-state index contributed by atoms with van der Waals surface area (Å²) in [6.45, 7) is 3.39. The van der Waals surface area contributed by atoms with Crippen LogP contribution in [0.3, 0.4) is 0 Å². The Labute approximate surface area is 145 Å². The van der Waals surface area contributed by atoms with Crippen LogP contribution in [0.2, 0.25) is 0 Å². The fraction of sp³-hybridized carbons (Fsp3) is 0.353. The summed E-state index contributed by atoms with van der Waals surface area (Å²) < 4.78 is 14.9. The van der Waals surface area contributed by atoms with Gasteiger partial charge in [0.15, 0.2) is 6.61 Å². The molecule has 0 saturated heterocycles. The lowest BCUT2D eigenvalue weighted by Gasteiger charge is -2.28. The second kappa shape index (κ2) is 8.18. The van der Waals surface area contributed by atoms with E-state index in [2.05, 4.69) is 15.4 Å². The van der Waals surface area contributed by atoms with E-state index in [0.717, 1.165) is 0 Å². The number of rotatable bonds is 6. The first-order chi connectivity index (χ1) is 12.0. The first-order valence-electron chi connectivity index (χ1n) is 7.71. The number of ether oxygens (including phenoxy) is 3. The van der Waals surface area contributed by atoms with Crippen molar-refractivity contribution in [1.29, 1.82) is 0 Å². The fourth-order valence-corrected chi connectivity index (χ4v) is 2.38. The second-order valence-electron chi connectivity index (χ2n) is 5.22. The van der Waals surface area contributed by atoms with Crippen molar-refractivity contribution >= 4 is 18.0 Å². The Hall–Kier alpha value is -3.03. The lowest BCUT2D eigenvalue weighted by Crippen LogP contribution is -2.45. The Kier molecular flexibility index (Phi) is 5.99. The molecule has 2 N–H and O–H groups in total. The average molecular weight is 348 g/mol. The standard InChI is InChI=1S/C17H20N2O6/c1-4-24-16(21)14-10(2)18-17(22)19-15(14)11-5-7-12(8-6-11)25-9-13(20)23-3/h5-8,15H,4,9H2,1-3H3,(H2,18,19,22)/t15-/m0/s1. The largest absolute Gasteiger partial charge is 0.482 e. The molecule has 25 heavy (non-hydrogen) atoms. The van der Waals surface area contributed by atoms with E-state index in [0.29, 0.717) is 22.6 Å². The van der Waals surface area contributed by atoms with Gasteiger partial charge >= 0.3 is 18.0 Å². The van der Waals surface area contributed by atoms with Crippen LogP contribution in [0.25, 0.3) is 0 Å². The third-order valence-corrected chi connectivity index (χ3v) is 3.56. The van der Waals surface area contributed by atoms with E-state index in [1.54, 1.807) is 38.1 Å². The third kappa shape index (κ3) is 4.50. The molecule has 134 valence electrons. The molecule has 0 unspecified atom stereocenters. The number of urea groups is 1. The van der Waals surface area contributed by atoms with E-state index in [-0.39, 0.29) is 13.2 Å². The lowest BCUT2D eigenvalue weighted by molar-refractivity contribution is -0.143. The minimum Gasteiger partial charge on any atom is -0.482 e. The number of carbonyl (C=O) groups is 3. The van der Waals surface area contributed by atoms with Crippen LogP contribution in [-0.2, 0) is 19.1 Å². The molecule has 1 heterocycles. The average Bonchev–Trinajstić information content (AvgIpc) is 2.59. The molecule has 2 amide bonds. The fourth-order valence-electron chi connectivity index (χ4n) is 2.38. The van der Waals surface area contributed by atoms with Crippen molar-refractivity contribution in [1.82, 2.24) is 10.6 Å². The van der Waals surface area contributed by atoms with Crippen molar-refractivity contribution < 1.29 is 28.6 Å². The quantitative estimate of drug-likeness (QED) is 0.754. The molecule has 1 aromatic rings. The summed E-state index contributed by atoms with van der Waals surface area (Å²) in [4.78, 5) is 35.1. The number of amides is 2. The molecule has 1 aromatic carbocycles. The van der Waals surface area contributed by atoms with Gasteiger partial charge in [0, 0.05) is 5.70 Å². The zero-order valence-corrected chi connectivity index (χ0v) is 14.3. The van der Waals surface area contributed by atoms with Crippen molar-refractivity contribution in [2.24, 2.45) is 0 Å². The molecule has 8 heteroatoms. The number of allylic oxidation sites excluding steroid dienone is 1. The molecule has 0 radical (unpaired) electrons. The molecule has 8 nitrogen and oxygen atoms in total. The van der Waals surface area contributed by atoms with E-state index in [4.69, 9.17) is 9.47 Å². The van der Waals surface area contributed by atoms with Gasteiger partial charge in [0.25, 0.3) is 0 Å². The zero-order chi connectivity index (χ0) is 18.4. The number of hydrogen-bond donors (Lipinski definition) is 2. The van der Waals surface area contributed by atoms with Crippen LogP contribution in [0.15, 0.2) is 35.5 Å². The molecule has 2 rings (SSSR count). The van der Waals surface area contributed by atoms with Crippen LogP contribution in [0.1, 0.15) is 25.5 Å². The Balaban J connectivity index is 2.22. The minimum atomic E-state index is -0.637. The van der Waals surface area contributed by atoms with E-state index >= 15 is 0 Å². The van der Waals surface area contributed by atoms with Gasteiger partial charge in [-0.3, -0.25) is 0 Å². The maximum absolute atomic E-state index is 12.2. The summed E-state index contributed by atoms with van der Waals surface area (Å²) in [6.07, 6.45) is 0. The van der Waals surface area contributed by atoms with Crippen molar-refractivity contribution in [2.45, 2.75) is 19.9 Å². The van der Waals surface area contributed by atoms with Crippen LogP contribution >= 0.6 is 0 Å². The van der Waals surface area contributed by atoms with Crippen LogP contribution in [0.4, 0.5) is 4.79 Å². The molecule has 1 aliphatic rings. The molecule has 1 aliphatic heterocycles. The van der Waals surface area contributed by atoms with Gasteiger partial charge in [0.1, 0.15) is 5.75 Å². The van der Waals surface area contributed by atoms with Crippen LogP contribution in [0.5, 0.6) is 5.75 Å². The predicted molar refractivity (Wildman–Crippen MR) is 87.7 cm³/mol. The van der Waals surface area contributed by atoms with Crippen molar-refractivity contribution in [3.63, 3.8) is 0 Å². The van der Waals surface area contributed by atoms with Gasteiger partial charge in [0.05, 0.1) is 25.3 Å². The van der Waals surface area contributed by atoms with E-state index in [9.17, 15) is 14.4 Å². The Morgan fingerprint density at radius 1 is 1.20 bits per heavy atom. The smallest absolute Gasteiger partial charge is 0.343 e. The first kappa shape index (κ1) is 18.3. The maximum atomic E-state index is 12.2. The summed E-state index contributed by atoms with van der Waals surface area (Å²) in [5, 5.41) is 5.28. The van der Waals surface area contributed by atoms with Crippen LogP contribution in [0, 0.1) is 0 Å². The number of nitrogens with one attached hydrogen (secondary N) is 2. The topological polar surface area (TPSA) is 103 Å². The molecule has 0 fully saturated rings. The summed E-state index contributed by atoms with van der Waals surface area (Å²) in [5.41, 5.74) is 1.46. The first-order valence-corrected chi connectivity index (χ1v) is 7.71. The highest BCUT2D eigenvalue weighted by Gasteiger charge is 2.32. The summed E-state index contributed by atoms with van der Waals surface area (Å²) in [5.74, 6) is -0.519. The highest BCUT2D eigenvalue weighted by molar-refractivity contribution is 5.95. The Morgan fingerprint density at radius 2 is 1.88 bits per heavy atom. The number of esters is 2. The van der Waals surface area contributed by atoms with Gasteiger partial charge < -0.3 is 24.8 Å². The predicted octanol–water partition coefficient (Wildman–Crippen LogP) is 1.43. The number of methoxy groups -OCH3 is 1. The van der Waals surface area contributed by atoms with E-state index in [1.165, 1.54) is 7.11 Å². The van der Waals surface area contributed by atoms with Crippen molar-refractivity contribution in [2.75, 3.05) is 20.3 Å². The second-order valence-corrected chi connectivity index (χ2v) is 5.22. The van der Waals surface area contributed by atoms with Crippen LogP contribution in [-0.4, -0.2) is 38.3 Å². The van der Waals surface area contributed by atoms with Gasteiger partial charge in [-0.1, -0.05) is 12.1 Å². The normalized spacial score (nSPS) is 16.6. The van der Waals surface area contributed by atoms with Gasteiger partial charge in [-0.2, -0.15) is 0 Å². The molecule has 0 saturated carbocycles. The molecule has 0 aliphatic carbocycles. The monoisotopic (exact) mass is 348 g/mol. The number of hydrogen-bond acceptors (Lipinski definition) is 6. The number of carbonyl (C=O) groups excluding carboxylic acids is 3. The van der Waals surface area contributed by atoms with Gasteiger partial charge in [-0.25, -0.2) is 14.4 Å². The number of benzene rings is 1. The van der Waals surface area contributed by atoms with Crippen molar-refractivity contribution in [3.05, 3.63) is 41.1 Å². The summed E-state index contributed by atoms with van der Waals surface area (Å²) in [7, 11) is 1.28. The van der Waals surface area contributed by atoms with E-state index in [1.807, 2.05) is 0 Å². The molecule has 0 bridgehead atoms. The highest BCUT2D eigenvalue weighted by atomic mass is 16.6. The lowest BCUT2D eigenvalue weighted by atomic mass is 9.95. The molecular weight excluding hydrogens is 328 g/mol. The SMILES string of the molecule is CCOC(=O)C1=C(C)NC(=O)N[C@H]1c1ccc(OCC(=O)OC)cc1. The van der Waals surface area contributed by atoms with Gasteiger partial charge in [-0.05, 0) is 31.5 Å². The van der Waals surface area contributed by atoms with E-state index < -0.39 is 24.0 Å². The minimum absolute atomic E-state index is 0.201. The van der Waals surface area contributed by atoms with Crippen molar-refractivity contribution in [3.8, 4) is 5.75 Å². The van der Waals surface area contributed by atoms with Crippen LogP contribution < -0.4 is 15.4 Å². The summed E-state index contributed by atoms with van der Waals surface area (Å²) >= 11 is 0. The summed E-state index contributed by atoms with van der Waals surface area (Å²) in [6, 6.07) is 5.66. The maximum Gasteiger partial charge on any atom is 0.343 e. The molecule has 1 atom stereocenters. The highest BCUT2D eigenvalue weighted by Crippen LogP contribution is 2.28. The van der Waals surface area contributed by atoms with Gasteiger partial charge in [0.2, 0.25) is 0 Å². The zero-order valence-electron chi connectivity index (χ0n) is 14.3. The van der Waals surface area contributed by atoms with Gasteiger partial charge in [-0.15, -0.1) is 0 Å².